The van der Waals surface area contributed by atoms with Crippen molar-refractivity contribution in [1.29, 1.82) is 0 Å². The summed E-state index contributed by atoms with van der Waals surface area (Å²) in [6.07, 6.45) is 1.59. The number of halogens is 1. The first-order valence-corrected chi connectivity index (χ1v) is 6.38. The zero-order valence-electron chi connectivity index (χ0n) is 10.1. The van der Waals surface area contributed by atoms with Crippen molar-refractivity contribution in [3.63, 3.8) is 0 Å². The number of aromatic nitrogens is 2. The molecule has 0 radical (unpaired) electrons. The predicted octanol–water partition coefficient (Wildman–Crippen LogP) is 3.65. The molecule has 19 heavy (non-hydrogen) atoms. The summed E-state index contributed by atoms with van der Waals surface area (Å²) in [5, 5.41) is 3.95. The number of nitrogens with zero attached hydrogens (tertiary/aromatic N) is 2. The summed E-state index contributed by atoms with van der Waals surface area (Å²) < 4.78 is 11.4. The van der Waals surface area contributed by atoms with Crippen LogP contribution >= 0.6 is 15.9 Å². The highest BCUT2D eigenvalue weighted by Gasteiger charge is 2.15. The lowest BCUT2D eigenvalue weighted by Gasteiger charge is -2.00. The Labute approximate surface area is 117 Å². The van der Waals surface area contributed by atoms with Crippen molar-refractivity contribution >= 4 is 21.6 Å². The van der Waals surface area contributed by atoms with E-state index in [0.29, 0.717) is 23.0 Å². The summed E-state index contributed by atoms with van der Waals surface area (Å²) >= 11 is 3.39. The van der Waals surface area contributed by atoms with Crippen LogP contribution < -0.4 is 5.73 Å². The van der Waals surface area contributed by atoms with Crippen LogP contribution in [0.4, 0.5) is 5.69 Å². The van der Waals surface area contributed by atoms with E-state index in [1.807, 2.05) is 19.1 Å². The Kier molecular flexibility index (Phi) is 2.87. The number of nitrogens with two attached hydrogens (primary N) is 1. The van der Waals surface area contributed by atoms with Crippen molar-refractivity contribution in [2.45, 2.75) is 6.92 Å². The molecule has 0 aliphatic carbocycles. The number of anilines is 1. The summed E-state index contributed by atoms with van der Waals surface area (Å²) in [7, 11) is 0. The fraction of sp³-hybridized carbons (Fsp3) is 0.0769. The van der Waals surface area contributed by atoms with Gasteiger partial charge in [-0.1, -0.05) is 21.1 Å². The maximum atomic E-state index is 5.91. The van der Waals surface area contributed by atoms with Crippen molar-refractivity contribution in [3.05, 3.63) is 40.8 Å². The molecule has 5 nitrogen and oxygen atoms in total. The predicted molar refractivity (Wildman–Crippen MR) is 74.3 cm³/mol. The molecule has 0 amide bonds. The zero-order chi connectivity index (χ0) is 13.4. The van der Waals surface area contributed by atoms with E-state index in [0.717, 1.165) is 15.8 Å². The lowest BCUT2D eigenvalue weighted by Crippen LogP contribution is -1.90. The van der Waals surface area contributed by atoms with Gasteiger partial charge < -0.3 is 14.7 Å². The van der Waals surface area contributed by atoms with Crippen LogP contribution in [0.3, 0.4) is 0 Å². The second-order valence-corrected chi connectivity index (χ2v) is 4.96. The number of rotatable bonds is 2. The fourth-order valence-corrected chi connectivity index (χ4v) is 2.13. The van der Waals surface area contributed by atoms with Crippen LogP contribution in [0, 0.1) is 6.92 Å². The van der Waals surface area contributed by atoms with Crippen LogP contribution in [0.25, 0.3) is 22.8 Å². The van der Waals surface area contributed by atoms with Gasteiger partial charge in [0, 0.05) is 10.2 Å². The van der Waals surface area contributed by atoms with Crippen molar-refractivity contribution in [3.8, 4) is 22.8 Å². The van der Waals surface area contributed by atoms with Crippen LogP contribution in [0.1, 0.15) is 5.76 Å². The molecule has 0 saturated heterocycles. The molecule has 2 aromatic heterocycles. The molecule has 0 aliphatic rings. The highest BCUT2D eigenvalue weighted by molar-refractivity contribution is 9.10. The highest BCUT2D eigenvalue weighted by Crippen LogP contribution is 2.30. The van der Waals surface area contributed by atoms with E-state index in [2.05, 4.69) is 26.1 Å². The Balaban J connectivity index is 2.06. The van der Waals surface area contributed by atoms with Crippen LogP contribution in [0.5, 0.6) is 0 Å². The summed E-state index contributed by atoms with van der Waals surface area (Å²) in [4.78, 5) is 4.35. The number of hydrogen-bond donors (Lipinski definition) is 1. The van der Waals surface area contributed by atoms with Crippen molar-refractivity contribution < 1.29 is 8.94 Å². The van der Waals surface area contributed by atoms with Crippen molar-refractivity contribution in [2.75, 3.05) is 5.73 Å². The van der Waals surface area contributed by atoms with E-state index < -0.39 is 0 Å². The summed E-state index contributed by atoms with van der Waals surface area (Å²) in [6.45, 7) is 1.85. The van der Waals surface area contributed by atoms with Gasteiger partial charge in [-0.15, -0.1) is 0 Å². The SMILES string of the molecule is Cc1occc1-c1noc(-c2cc(Br)ccc2N)n1. The molecule has 6 heteroatoms. The van der Waals surface area contributed by atoms with Gasteiger partial charge in [-0.2, -0.15) is 4.98 Å². The quantitative estimate of drug-likeness (QED) is 0.729. The Morgan fingerprint density at radius 3 is 2.79 bits per heavy atom. The van der Waals surface area contributed by atoms with E-state index in [4.69, 9.17) is 14.7 Å². The summed E-state index contributed by atoms with van der Waals surface area (Å²) in [5.41, 5.74) is 8.01. The first-order chi connectivity index (χ1) is 9.15. The molecule has 2 N–H and O–H groups in total. The average molecular weight is 320 g/mol. The molecule has 0 fully saturated rings. The van der Waals surface area contributed by atoms with E-state index >= 15 is 0 Å². The molecule has 0 spiro atoms. The molecule has 0 atom stereocenters. The van der Waals surface area contributed by atoms with Crippen molar-refractivity contribution in [1.82, 2.24) is 10.1 Å². The molecule has 3 rings (SSSR count). The van der Waals surface area contributed by atoms with Gasteiger partial charge in [-0.25, -0.2) is 0 Å². The van der Waals surface area contributed by atoms with Gasteiger partial charge in [0.1, 0.15) is 5.76 Å². The standard InChI is InChI=1S/C13H10BrN3O2/c1-7-9(4-5-18-7)12-16-13(19-17-12)10-6-8(14)2-3-11(10)15/h2-6H,15H2,1H3. The largest absolute Gasteiger partial charge is 0.469 e. The normalized spacial score (nSPS) is 10.8. The smallest absolute Gasteiger partial charge is 0.260 e. The number of benzene rings is 1. The minimum Gasteiger partial charge on any atom is -0.469 e. The fourth-order valence-electron chi connectivity index (χ4n) is 1.77. The molecule has 2 heterocycles. The third kappa shape index (κ3) is 2.15. The maximum Gasteiger partial charge on any atom is 0.260 e. The molecule has 96 valence electrons. The third-order valence-corrected chi connectivity index (χ3v) is 3.26. The van der Waals surface area contributed by atoms with E-state index in [9.17, 15) is 0 Å². The van der Waals surface area contributed by atoms with Gasteiger partial charge in [0.2, 0.25) is 5.82 Å². The Morgan fingerprint density at radius 2 is 2.05 bits per heavy atom. The molecular formula is C13H10BrN3O2. The number of hydrogen-bond acceptors (Lipinski definition) is 5. The second-order valence-electron chi connectivity index (χ2n) is 4.05. The molecule has 0 saturated carbocycles. The van der Waals surface area contributed by atoms with Gasteiger partial charge in [-0.3, -0.25) is 0 Å². The van der Waals surface area contributed by atoms with Crippen LogP contribution in [0.2, 0.25) is 0 Å². The zero-order valence-corrected chi connectivity index (χ0v) is 11.6. The molecule has 0 bridgehead atoms. The van der Waals surface area contributed by atoms with Crippen molar-refractivity contribution in [2.24, 2.45) is 0 Å². The first kappa shape index (κ1) is 12.0. The van der Waals surface area contributed by atoms with Gasteiger partial charge in [0.25, 0.3) is 5.89 Å². The minimum atomic E-state index is 0.384. The molecular weight excluding hydrogens is 310 g/mol. The van der Waals surface area contributed by atoms with E-state index in [1.165, 1.54) is 0 Å². The number of furan rings is 1. The molecule has 1 aromatic carbocycles. The van der Waals surface area contributed by atoms with Gasteiger partial charge in [0.15, 0.2) is 0 Å². The molecule has 0 aliphatic heterocycles. The topological polar surface area (TPSA) is 78.1 Å². The number of nitrogen functional groups attached to an aromatic ring is 1. The van der Waals surface area contributed by atoms with E-state index in [1.54, 1.807) is 18.4 Å². The van der Waals surface area contributed by atoms with Gasteiger partial charge in [-0.05, 0) is 31.2 Å². The van der Waals surface area contributed by atoms with Crippen LogP contribution in [-0.2, 0) is 0 Å². The minimum absolute atomic E-state index is 0.384. The second kappa shape index (κ2) is 4.55. The Morgan fingerprint density at radius 1 is 1.21 bits per heavy atom. The average Bonchev–Trinajstić information content (AvgIpc) is 3.00. The summed E-state index contributed by atoms with van der Waals surface area (Å²) in [6, 6.07) is 7.28. The van der Waals surface area contributed by atoms with E-state index in [-0.39, 0.29) is 0 Å². The Bertz CT molecular complexity index is 733. The summed E-state index contributed by atoms with van der Waals surface area (Å²) in [5.74, 6) is 1.62. The monoisotopic (exact) mass is 319 g/mol. The first-order valence-electron chi connectivity index (χ1n) is 5.59. The Hall–Kier alpha value is -2.08. The number of aryl methyl sites for hydroxylation is 1. The maximum absolute atomic E-state index is 5.91. The van der Waals surface area contributed by atoms with Crippen LogP contribution in [0.15, 0.2) is 43.9 Å². The van der Waals surface area contributed by atoms with Gasteiger partial charge in [0.05, 0.1) is 17.4 Å². The van der Waals surface area contributed by atoms with Crippen LogP contribution in [-0.4, -0.2) is 10.1 Å². The van der Waals surface area contributed by atoms with Gasteiger partial charge >= 0.3 is 0 Å². The third-order valence-electron chi connectivity index (χ3n) is 2.77. The highest BCUT2D eigenvalue weighted by atomic mass is 79.9. The molecule has 3 aromatic rings. The molecule has 0 unspecified atom stereocenters. The lowest BCUT2D eigenvalue weighted by atomic mass is 10.2. The lowest BCUT2D eigenvalue weighted by molar-refractivity contribution is 0.432.